The number of likely N-dealkylation sites (N-methyl/N-ethyl adjacent to an activating group) is 1. The van der Waals surface area contributed by atoms with E-state index in [9.17, 15) is 9.18 Å². The zero-order valence-electron chi connectivity index (χ0n) is 16.6. The molecule has 1 fully saturated rings. The van der Waals surface area contributed by atoms with Crippen LogP contribution < -0.4 is 0 Å². The largest absolute Gasteiger partial charge is 0.364 e. The van der Waals surface area contributed by atoms with Gasteiger partial charge in [0.25, 0.3) is 0 Å². The minimum Gasteiger partial charge on any atom is -0.364 e. The summed E-state index contributed by atoms with van der Waals surface area (Å²) in [6, 6.07) is 13.8. The normalized spacial score (nSPS) is 19.1. The number of carbonyl (C=O) groups excluding carboxylic acids is 1. The molecule has 3 aromatic rings. The van der Waals surface area contributed by atoms with Crippen molar-refractivity contribution in [2.75, 3.05) is 13.6 Å². The summed E-state index contributed by atoms with van der Waals surface area (Å²) in [6.45, 7) is 1.74. The van der Waals surface area contributed by atoms with Gasteiger partial charge in [0, 0.05) is 37.7 Å². The maximum atomic E-state index is 13.3. The van der Waals surface area contributed by atoms with Crippen LogP contribution >= 0.6 is 11.8 Å². The standard InChI is InChI=1S/C22H23FN4O2S/c1-26(14-18-9-11-29-25-18)22(28)20-12-19(30-21-4-2-3-10-24-21)15-27(20)13-16-5-7-17(23)8-6-16/h2-11,19-20H,12-15H2,1H3/t19-,20+/m1/s1. The smallest absolute Gasteiger partial charge is 0.240 e. The van der Waals surface area contributed by atoms with Crippen LogP contribution in [0.15, 0.2) is 70.5 Å². The maximum absolute atomic E-state index is 13.3. The number of halogens is 1. The molecule has 8 heteroatoms. The van der Waals surface area contributed by atoms with E-state index in [0.29, 0.717) is 18.8 Å². The third kappa shape index (κ3) is 5.06. The first-order chi connectivity index (χ1) is 14.6. The molecule has 1 aromatic carbocycles. The molecule has 156 valence electrons. The van der Waals surface area contributed by atoms with Gasteiger partial charge in [-0.15, -0.1) is 11.8 Å². The van der Waals surface area contributed by atoms with Gasteiger partial charge in [0.2, 0.25) is 5.91 Å². The summed E-state index contributed by atoms with van der Waals surface area (Å²) in [5.74, 6) is -0.215. The van der Waals surface area contributed by atoms with Gasteiger partial charge in [-0.3, -0.25) is 9.69 Å². The number of hydrogen-bond donors (Lipinski definition) is 0. The number of amides is 1. The van der Waals surface area contributed by atoms with Gasteiger partial charge in [0.15, 0.2) is 0 Å². The van der Waals surface area contributed by atoms with Crippen LogP contribution in [-0.4, -0.2) is 50.7 Å². The van der Waals surface area contributed by atoms with Crippen molar-refractivity contribution in [1.82, 2.24) is 19.9 Å². The molecule has 1 aliphatic heterocycles. The van der Waals surface area contributed by atoms with E-state index in [1.165, 1.54) is 18.4 Å². The summed E-state index contributed by atoms with van der Waals surface area (Å²) in [6.07, 6.45) is 4.01. The molecule has 4 rings (SSSR count). The fourth-order valence-electron chi connectivity index (χ4n) is 3.68. The van der Waals surface area contributed by atoms with Gasteiger partial charge in [-0.2, -0.15) is 0 Å². The Morgan fingerprint density at radius 1 is 1.27 bits per heavy atom. The molecule has 1 saturated heterocycles. The van der Waals surface area contributed by atoms with Crippen LogP contribution in [0.2, 0.25) is 0 Å². The Hall–Kier alpha value is -2.71. The topological polar surface area (TPSA) is 62.5 Å². The number of hydrogen-bond acceptors (Lipinski definition) is 6. The molecule has 2 aromatic heterocycles. The fourth-order valence-corrected chi connectivity index (χ4v) is 4.85. The van der Waals surface area contributed by atoms with Crippen LogP contribution in [0.1, 0.15) is 17.7 Å². The lowest BCUT2D eigenvalue weighted by Crippen LogP contribution is -2.43. The maximum Gasteiger partial charge on any atom is 0.240 e. The Labute approximate surface area is 179 Å². The lowest BCUT2D eigenvalue weighted by molar-refractivity contribution is -0.135. The van der Waals surface area contributed by atoms with Gasteiger partial charge in [-0.25, -0.2) is 9.37 Å². The number of likely N-dealkylation sites (tertiary alicyclic amines) is 1. The second-order valence-corrected chi connectivity index (χ2v) is 8.72. The highest BCUT2D eigenvalue weighted by atomic mass is 32.2. The van der Waals surface area contributed by atoms with Crippen molar-refractivity contribution in [3.8, 4) is 0 Å². The Morgan fingerprint density at radius 3 is 2.80 bits per heavy atom. The molecule has 0 N–H and O–H groups in total. The van der Waals surface area contributed by atoms with Crippen molar-refractivity contribution in [1.29, 1.82) is 0 Å². The summed E-state index contributed by atoms with van der Waals surface area (Å²) in [7, 11) is 1.78. The zero-order valence-corrected chi connectivity index (χ0v) is 17.5. The van der Waals surface area contributed by atoms with Crippen LogP contribution in [-0.2, 0) is 17.9 Å². The van der Waals surface area contributed by atoms with E-state index < -0.39 is 0 Å². The lowest BCUT2D eigenvalue weighted by atomic mass is 10.1. The van der Waals surface area contributed by atoms with Gasteiger partial charge in [0.05, 0.1) is 17.6 Å². The van der Waals surface area contributed by atoms with Gasteiger partial charge in [-0.1, -0.05) is 23.4 Å². The first-order valence-corrected chi connectivity index (χ1v) is 10.7. The van der Waals surface area contributed by atoms with Crippen molar-refractivity contribution in [2.45, 2.75) is 35.8 Å². The molecule has 6 nitrogen and oxygen atoms in total. The minimum absolute atomic E-state index is 0.0456. The molecule has 1 aliphatic rings. The molecule has 30 heavy (non-hydrogen) atoms. The number of pyridine rings is 1. The van der Waals surface area contributed by atoms with E-state index in [-0.39, 0.29) is 23.0 Å². The van der Waals surface area contributed by atoms with Gasteiger partial charge in [0.1, 0.15) is 17.8 Å². The molecular weight excluding hydrogens is 403 g/mol. The molecule has 2 atom stereocenters. The molecule has 3 heterocycles. The van der Waals surface area contributed by atoms with Gasteiger partial charge >= 0.3 is 0 Å². The fraction of sp³-hybridized carbons (Fsp3) is 0.318. The molecule has 0 unspecified atom stereocenters. The van der Waals surface area contributed by atoms with Crippen molar-refractivity contribution in [2.24, 2.45) is 0 Å². The second-order valence-electron chi connectivity index (χ2n) is 7.40. The van der Waals surface area contributed by atoms with E-state index in [1.807, 2.05) is 18.2 Å². The Balaban J connectivity index is 1.49. The van der Waals surface area contributed by atoms with E-state index in [0.717, 1.165) is 23.6 Å². The zero-order chi connectivity index (χ0) is 20.9. The average molecular weight is 427 g/mol. The summed E-state index contributed by atoms with van der Waals surface area (Å²) >= 11 is 1.70. The van der Waals surface area contributed by atoms with E-state index in [4.69, 9.17) is 4.52 Å². The van der Waals surface area contributed by atoms with Gasteiger partial charge < -0.3 is 9.42 Å². The molecule has 0 bridgehead atoms. The number of nitrogens with zero attached hydrogens (tertiary/aromatic N) is 4. The highest BCUT2D eigenvalue weighted by Gasteiger charge is 2.38. The third-order valence-electron chi connectivity index (χ3n) is 5.14. The van der Waals surface area contributed by atoms with Crippen LogP contribution in [0.3, 0.4) is 0 Å². The monoisotopic (exact) mass is 426 g/mol. The molecule has 0 spiro atoms. The predicted octanol–water partition coefficient (Wildman–Crippen LogP) is 3.60. The van der Waals surface area contributed by atoms with E-state index in [1.54, 1.807) is 48.1 Å². The highest BCUT2D eigenvalue weighted by Crippen LogP contribution is 2.33. The van der Waals surface area contributed by atoms with Crippen LogP contribution in [0.25, 0.3) is 0 Å². The first kappa shape index (κ1) is 20.6. The minimum atomic E-state index is -0.260. The number of aromatic nitrogens is 2. The molecule has 0 saturated carbocycles. The molecular formula is C22H23FN4O2S. The average Bonchev–Trinajstić information content (AvgIpc) is 3.40. The Morgan fingerprint density at radius 2 is 2.10 bits per heavy atom. The Kier molecular flexibility index (Phi) is 6.44. The molecule has 0 radical (unpaired) electrons. The van der Waals surface area contributed by atoms with E-state index in [2.05, 4.69) is 15.0 Å². The van der Waals surface area contributed by atoms with Gasteiger partial charge in [-0.05, 0) is 36.2 Å². The second kappa shape index (κ2) is 9.40. The van der Waals surface area contributed by atoms with Crippen LogP contribution in [0, 0.1) is 5.82 Å². The number of thioether (sulfide) groups is 1. The van der Waals surface area contributed by atoms with Crippen molar-refractivity contribution >= 4 is 17.7 Å². The number of carbonyl (C=O) groups is 1. The van der Waals surface area contributed by atoms with E-state index >= 15 is 0 Å². The van der Waals surface area contributed by atoms with Crippen LogP contribution in [0.5, 0.6) is 0 Å². The first-order valence-electron chi connectivity index (χ1n) is 9.79. The van der Waals surface area contributed by atoms with Crippen molar-refractivity contribution in [3.05, 3.63) is 78.1 Å². The summed E-state index contributed by atoms with van der Waals surface area (Å²) in [5.41, 5.74) is 1.70. The summed E-state index contributed by atoms with van der Waals surface area (Å²) in [5, 5.41) is 5.10. The summed E-state index contributed by atoms with van der Waals surface area (Å²) in [4.78, 5) is 21.5. The van der Waals surface area contributed by atoms with Crippen molar-refractivity contribution < 1.29 is 13.7 Å². The van der Waals surface area contributed by atoms with Crippen molar-refractivity contribution in [3.63, 3.8) is 0 Å². The number of rotatable bonds is 7. The quantitative estimate of drug-likeness (QED) is 0.575. The number of benzene rings is 1. The summed E-state index contributed by atoms with van der Waals surface area (Å²) < 4.78 is 18.2. The SMILES string of the molecule is CN(Cc1ccon1)C(=O)[C@@H]1C[C@@H](Sc2ccccn2)CN1Cc1ccc(F)cc1. The third-order valence-corrected chi connectivity index (χ3v) is 6.30. The van der Waals surface area contributed by atoms with Crippen LogP contribution in [0.4, 0.5) is 4.39 Å². The lowest BCUT2D eigenvalue weighted by Gasteiger charge is -2.27. The molecule has 0 aliphatic carbocycles. The predicted molar refractivity (Wildman–Crippen MR) is 112 cm³/mol. The Bertz CT molecular complexity index is 953. The molecule has 1 amide bonds. The highest BCUT2D eigenvalue weighted by molar-refractivity contribution is 7.99.